The fourth-order valence-corrected chi connectivity index (χ4v) is 1.60. The van der Waals surface area contributed by atoms with Gasteiger partial charge in [-0.2, -0.15) is 4.98 Å². The average molecular weight is 269 g/mol. The molecule has 0 saturated heterocycles. The smallest absolute Gasteiger partial charge is 0.239 e. The van der Waals surface area contributed by atoms with E-state index in [0.29, 0.717) is 31.3 Å². The third-order valence-electron chi connectivity index (χ3n) is 2.48. The van der Waals surface area contributed by atoms with E-state index >= 15 is 0 Å². The van der Waals surface area contributed by atoms with Gasteiger partial charge in [-0.1, -0.05) is 0 Å². The lowest BCUT2D eigenvalue weighted by atomic mass is 10.3. The molecule has 0 fully saturated rings. The van der Waals surface area contributed by atoms with Crippen LogP contribution in [0.5, 0.6) is 5.88 Å². The molecule has 0 aliphatic heterocycles. The second-order valence-electron chi connectivity index (χ2n) is 4.43. The number of rotatable bonds is 8. The van der Waals surface area contributed by atoms with Crippen molar-refractivity contribution >= 4 is 11.5 Å². The van der Waals surface area contributed by atoms with Crippen LogP contribution in [0.3, 0.4) is 0 Å². The van der Waals surface area contributed by atoms with E-state index < -0.39 is 0 Å². The zero-order valence-electron chi connectivity index (χ0n) is 11.8. The summed E-state index contributed by atoms with van der Waals surface area (Å²) in [6.07, 6.45) is 0.00955. The second-order valence-corrected chi connectivity index (χ2v) is 4.43. The van der Waals surface area contributed by atoms with Crippen LogP contribution < -0.4 is 15.4 Å². The largest absolute Gasteiger partial charge is 0.473 e. The van der Waals surface area contributed by atoms with Crippen LogP contribution in [0.1, 0.15) is 13.8 Å². The monoisotopic (exact) mass is 269 g/mol. The topological polar surface area (TPSA) is 80.8 Å². The standard InChI is InChI=1S/C13H23N3O3/c1-10(2)19-13-11(14)4-5-12(15-13)16(6-8-17)7-9-18-3/h4-5,10,17H,6-9,14H2,1-3H3. The Kier molecular flexibility index (Phi) is 6.38. The van der Waals surface area contributed by atoms with Gasteiger partial charge in [0, 0.05) is 20.2 Å². The van der Waals surface area contributed by atoms with Crippen molar-refractivity contribution in [3.8, 4) is 5.88 Å². The van der Waals surface area contributed by atoms with Crippen molar-refractivity contribution < 1.29 is 14.6 Å². The lowest BCUT2D eigenvalue weighted by molar-refractivity contribution is 0.202. The summed E-state index contributed by atoms with van der Waals surface area (Å²) < 4.78 is 10.6. The molecule has 3 N–H and O–H groups in total. The van der Waals surface area contributed by atoms with Gasteiger partial charge in [0.25, 0.3) is 0 Å². The molecule has 0 unspecified atom stereocenters. The fraction of sp³-hybridized carbons (Fsp3) is 0.615. The van der Waals surface area contributed by atoms with Gasteiger partial charge in [-0.05, 0) is 26.0 Å². The Hall–Kier alpha value is -1.53. The summed E-state index contributed by atoms with van der Waals surface area (Å²) in [6, 6.07) is 3.57. The summed E-state index contributed by atoms with van der Waals surface area (Å²) in [5.74, 6) is 1.14. The van der Waals surface area contributed by atoms with E-state index in [4.69, 9.17) is 20.3 Å². The van der Waals surface area contributed by atoms with Crippen LogP contribution in [-0.4, -0.2) is 49.6 Å². The highest BCUT2D eigenvalue weighted by Crippen LogP contribution is 2.23. The highest BCUT2D eigenvalue weighted by molar-refractivity contribution is 5.54. The summed E-state index contributed by atoms with van der Waals surface area (Å²) in [6.45, 7) is 5.59. The van der Waals surface area contributed by atoms with E-state index in [2.05, 4.69) is 4.98 Å². The number of aliphatic hydroxyl groups is 1. The summed E-state index contributed by atoms with van der Waals surface area (Å²) in [4.78, 5) is 6.32. The predicted molar refractivity (Wildman–Crippen MR) is 75.6 cm³/mol. The molecule has 1 rings (SSSR count). The Morgan fingerprint density at radius 1 is 1.37 bits per heavy atom. The second kappa shape index (κ2) is 7.81. The normalized spacial score (nSPS) is 10.8. The zero-order chi connectivity index (χ0) is 14.3. The first kappa shape index (κ1) is 15.5. The van der Waals surface area contributed by atoms with Gasteiger partial charge in [-0.15, -0.1) is 0 Å². The van der Waals surface area contributed by atoms with E-state index in [-0.39, 0.29) is 12.7 Å². The minimum absolute atomic E-state index is 0.00955. The molecule has 0 spiro atoms. The first-order chi connectivity index (χ1) is 9.08. The van der Waals surface area contributed by atoms with Gasteiger partial charge in [-0.3, -0.25) is 0 Å². The number of aliphatic hydroxyl groups excluding tert-OH is 1. The number of nitrogen functional groups attached to an aromatic ring is 1. The van der Waals surface area contributed by atoms with Crippen LogP contribution in [0.25, 0.3) is 0 Å². The molecule has 0 bridgehead atoms. The van der Waals surface area contributed by atoms with Crippen LogP contribution in [0.4, 0.5) is 11.5 Å². The van der Waals surface area contributed by atoms with E-state index in [1.54, 1.807) is 13.2 Å². The maximum absolute atomic E-state index is 9.10. The molecule has 6 heteroatoms. The van der Waals surface area contributed by atoms with Gasteiger partial charge in [0.05, 0.1) is 25.0 Å². The molecule has 1 aromatic heterocycles. The molecular weight excluding hydrogens is 246 g/mol. The third-order valence-corrected chi connectivity index (χ3v) is 2.48. The number of hydrogen-bond acceptors (Lipinski definition) is 6. The minimum Gasteiger partial charge on any atom is -0.473 e. The van der Waals surface area contributed by atoms with Crippen LogP contribution in [0.2, 0.25) is 0 Å². The van der Waals surface area contributed by atoms with Crippen LogP contribution >= 0.6 is 0 Å². The molecule has 0 aliphatic rings. The number of nitrogens with zero attached hydrogens (tertiary/aromatic N) is 2. The molecule has 1 heterocycles. The summed E-state index contributed by atoms with van der Waals surface area (Å²) in [5.41, 5.74) is 6.34. The van der Waals surface area contributed by atoms with Crippen molar-refractivity contribution in [1.82, 2.24) is 4.98 Å². The van der Waals surface area contributed by atoms with E-state index in [1.165, 1.54) is 0 Å². The molecule has 0 aromatic carbocycles. The van der Waals surface area contributed by atoms with Gasteiger partial charge in [-0.25, -0.2) is 0 Å². The number of pyridine rings is 1. The van der Waals surface area contributed by atoms with Crippen molar-refractivity contribution in [2.24, 2.45) is 0 Å². The Morgan fingerprint density at radius 2 is 2.11 bits per heavy atom. The van der Waals surface area contributed by atoms with E-state index in [9.17, 15) is 0 Å². The SMILES string of the molecule is COCCN(CCO)c1ccc(N)c(OC(C)C)n1. The first-order valence-corrected chi connectivity index (χ1v) is 6.36. The van der Waals surface area contributed by atoms with Crippen molar-refractivity contribution in [3.05, 3.63) is 12.1 Å². The molecule has 0 atom stereocenters. The Bertz CT molecular complexity index is 385. The fourth-order valence-electron chi connectivity index (χ4n) is 1.60. The molecule has 19 heavy (non-hydrogen) atoms. The molecule has 108 valence electrons. The summed E-state index contributed by atoms with van der Waals surface area (Å²) >= 11 is 0. The Morgan fingerprint density at radius 3 is 2.68 bits per heavy atom. The highest BCUT2D eigenvalue weighted by Gasteiger charge is 2.11. The highest BCUT2D eigenvalue weighted by atomic mass is 16.5. The van der Waals surface area contributed by atoms with Gasteiger partial charge >= 0.3 is 0 Å². The Balaban J connectivity index is 2.89. The van der Waals surface area contributed by atoms with Crippen LogP contribution in [0, 0.1) is 0 Å². The number of hydrogen-bond donors (Lipinski definition) is 2. The summed E-state index contributed by atoms with van der Waals surface area (Å²) in [5, 5.41) is 9.10. The molecule has 1 aromatic rings. The van der Waals surface area contributed by atoms with Crippen molar-refractivity contribution in [1.29, 1.82) is 0 Å². The zero-order valence-corrected chi connectivity index (χ0v) is 11.8. The molecule has 0 amide bonds. The van der Waals surface area contributed by atoms with Crippen LogP contribution in [-0.2, 0) is 4.74 Å². The minimum atomic E-state index is 0.00955. The van der Waals surface area contributed by atoms with Crippen molar-refractivity contribution in [2.75, 3.05) is 44.0 Å². The van der Waals surface area contributed by atoms with E-state index in [0.717, 1.165) is 5.82 Å². The molecular formula is C13H23N3O3. The predicted octanol–water partition coefficient (Wildman–Crippen LogP) is 0.896. The van der Waals surface area contributed by atoms with Crippen LogP contribution in [0.15, 0.2) is 12.1 Å². The Labute approximate surface area is 114 Å². The van der Waals surface area contributed by atoms with Gasteiger partial charge in [0.15, 0.2) is 0 Å². The quantitative estimate of drug-likeness (QED) is 0.729. The lowest BCUT2D eigenvalue weighted by Crippen LogP contribution is -2.31. The number of anilines is 2. The van der Waals surface area contributed by atoms with Crippen molar-refractivity contribution in [2.45, 2.75) is 20.0 Å². The van der Waals surface area contributed by atoms with Gasteiger partial charge < -0.3 is 25.2 Å². The lowest BCUT2D eigenvalue weighted by Gasteiger charge is -2.23. The number of aromatic nitrogens is 1. The molecule has 0 saturated carbocycles. The summed E-state index contributed by atoms with van der Waals surface area (Å²) in [7, 11) is 1.64. The average Bonchev–Trinajstić information content (AvgIpc) is 2.37. The third kappa shape index (κ3) is 4.92. The molecule has 0 radical (unpaired) electrons. The van der Waals surface area contributed by atoms with Gasteiger partial charge in [0.2, 0.25) is 5.88 Å². The molecule has 0 aliphatic carbocycles. The first-order valence-electron chi connectivity index (χ1n) is 6.36. The van der Waals surface area contributed by atoms with Gasteiger partial charge in [0.1, 0.15) is 5.82 Å². The number of methoxy groups -OCH3 is 1. The van der Waals surface area contributed by atoms with E-state index in [1.807, 2.05) is 24.8 Å². The number of ether oxygens (including phenoxy) is 2. The maximum Gasteiger partial charge on any atom is 0.239 e. The number of nitrogens with two attached hydrogens (primary N) is 1. The van der Waals surface area contributed by atoms with Crippen molar-refractivity contribution in [3.63, 3.8) is 0 Å². The molecule has 6 nitrogen and oxygen atoms in total. The maximum atomic E-state index is 9.10.